The Morgan fingerprint density at radius 2 is 1.29 bits per heavy atom. The monoisotopic (exact) mass is 355 g/mol. The average Bonchev–Trinajstić information content (AvgIpc) is 2.71. The van der Waals surface area contributed by atoms with E-state index in [1.807, 2.05) is 0 Å². The van der Waals surface area contributed by atoms with E-state index >= 15 is 0 Å². The largest absolute Gasteiger partial charge is 0.362 e. The fourth-order valence-electron chi connectivity index (χ4n) is 2.26. The summed E-state index contributed by atoms with van der Waals surface area (Å²) in [5, 5.41) is 0.620. The van der Waals surface area contributed by atoms with Crippen LogP contribution in [0.1, 0.15) is 55.3 Å². The molecule has 1 atom stereocenters. The number of nitrogens with zero attached hydrogens (tertiary/aromatic N) is 1. The normalized spacial score (nSPS) is 16.2. The van der Waals surface area contributed by atoms with Gasteiger partial charge >= 0.3 is 7.60 Å². The van der Waals surface area contributed by atoms with Crippen LogP contribution < -0.4 is 0 Å². The molecule has 2 rings (SSSR count). The second-order valence-corrected chi connectivity index (χ2v) is 8.23. The zero-order valence-corrected chi connectivity index (χ0v) is 15.3. The van der Waals surface area contributed by atoms with Gasteiger partial charge in [0.05, 0.1) is 23.3 Å². The second-order valence-electron chi connectivity index (χ2n) is 6.00. The van der Waals surface area contributed by atoms with Crippen LogP contribution in [0.5, 0.6) is 0 Å². The Bertz CT molecular complexity index is 638. The van der Waals surface area contributed by atoms with Crippen molar-refractivity contribution in [2.75, 3.05) is 0 Å². The van der Waals surface area contributed by atoms with Gasteiger partial charge in [-0.3, -0.25) is 14.2 Å². The van der Waals surface area contributed by atoms with Crippen LogP contribution >= 0.6 is 7.60 Å². The van der Waals surface area contributed by atoms with E-state index in [0.717, 1.165) is 0 Å². The van der Waals surface area contributed by atoms with Crippen LogP contribution in [0.2, 0.25) is 0 Å². The lowest BCUT2D eigenvalue weighted by atomic mass is 10.1. The first-order valence-electron chi connectivity index (χ1n) is 7.77. The lowest BCUT2D eigenvalue weighted by Gasteiger charge is -2.29. The van der Waals surface area contributed by atoms with Crippen LogP contribution in [-0.4, -0.2) is 34.9 Å². The highest BCUT2D eigenvalue weighted by atomic mass is 31.2. The fraction of sp³-hybridized carbons (Fsp3) is 0.500. The highest BCUT2D eigenvalue weighted by Crippen LogP contribution is 2.55. The summed E-state index contributed by atoms with van der Waals surface area (Å²) in [6, 6.07) is 6.40. The molecule has 0 saturated heterocycles. The van der Waals surface area contributed by atoms with Gasteiger partial charge in [0.1, 0.15) is 0 Å². The van der Waals surface area contributed by atoms with Crippen molar-refractivity contribution < 1.29 is 28.0 Å². The molecule has 0 aromatic heterocycles. The van der Waals surface area contributed by atoms with E-state index < -0.39 is 25.3 Å². The second kappa shape index (κ2) is 7.15. The SMILES string of the molecule is CC(C)OP(=O)(OC(C)C)C(C)ON1C(=O)c2ccccc2C1=O. The molecule has 1 unspecified atom stereocenters. The number of fused-ring (bicyclic) bond motifs is 1. The van der Waals surface area contributed by atoms with Crippen molar-refractivity contribution in [3.05, 3.63) is 35.4 Å². The number of hydroxylamine groups is 2. The molecule has 2 amide bonds. The lowest BCUT2D eigenvalue weighted by Crippen LogP contribution is -2.34. The van der Waals surface area contributed by atoms with Crippen LogP contribution in [-0.2, 0) is 18.5 Å². The van der Waals surface area contributed by atoms with Crippen molar-refractivity contribution in [1.82, 2.24) is 5.06 Å². The quantitative estimate of drug-likeness (QED) is 0.549. The molecule has 1 aromatic rings. The van der Waals surface area contributed by atoms with Crippen LogP contribution in [0.15, 0.2) is 24.3 Å². The Labute approximate surface area is 141 Å². The summed E-state index contributed by atoms with van der Waals surface area (Å²) in [4.78, 5) is 30.1. The number of hydrogen-bond donors (Lipinski definition) is 0. The van der Waals surface area contributed by atoms with E-state index in [4.69, 9.17) is 13.9 Å². The van der Waals surface area contributed by atoms with Gasteiger partial charge in [0.2, 0.25) is 0 Å². The number of amides is 2. The molecule has 132 valence electrons. The van der Waals surface area contributed by atoms with E-state index in [1.165, 1.54) is 6.92 Å². The van der Waals surface area contributed by atoms with Gasteiger partial charge in [0, 0.05) is 0 Å². The third kappa shape index (κ3) is 3.75. The molecule has 0 fully saturated rings. The van der Waals surface area contributed by atoms with E-state index in [0.29, 0.717) is 5.06 Å². The molecule has 0 radical (unpaired) electrons. The summed E-state index contributed by atoms with van der Waals surface area (Å²) < 4.78 is 23.8. The Kier molecular flexibility index (Phi) is 5.60. The molecule has 0 saturated carbocycles. The predicted molar refractivity (Wildman–Crippen MR) is 87.5 cm³/mol. The van der Waals surface area contributed by atoms with Crippen molar-refractivity contribution in [3.63, 3.8) is 0 Å². The van der Waals surface area contributed by atoms with Crippen LogP contribution in [0.25, 0.3) is 0 Å². The van der Waals surface area contributed by atoms with Crippen molar-refractivity contribution in [3.8, 4) is 0 Å². The predicted octanol–water partition coefficient (Wildman–Crippen LogP) is 3.60. The maximum atomic E-state index is 13.0. The molecule has 0 aliphatic carbocycles. The van der Waals surface area contributed by atoms with Crippen LogP contribution in [0.4, 0.5) is 0 Å². The maximum Gasteiger partial charge on any atom is 0.362 e. The first-order chi connectivity index (χ1) is 11.2. The molecule has 0 spiro atoms. The third-order valence-corrected chi connectivity index (χ3v) is 5.59. The number of carbonyl (C=O) groups is 2. The molecule has 1 aliphatic heterocycles. The van der Waals surface area contributed by atoms with E-state index in [9.17, 15) is 14.2 Å². The highest BCUT2D eigenvalue weighted by molar-refractivity contribution is 7.54. The maximum absolute atomic E-state index is 13.0. The third-order valence-electron chi connectivity index (χ3n) is 3.18. The summed E-state index contributed by atoms with van der Waals surface area (Å²) in [6.07, 6.45) is -0.745. The molecule has 1 aliphatic rings. The fourth-order valence-corrected chi connectivity index (χ4v) is 4.03. The smallest absolute Gasteiger partial charge is 0.304 e. The summed E-state index contributed by atoms with van der Waals surface area (Å²) in [7, 11) is -3.69. The zero-order chi connectivity index (χ0) is 18.1. The Balaban J connectivity index is 2.22. The molecule has 7 nitrogen and oxygen atoms in total. The topological polar surface area (TPSA) is 82.1 Å². The molecular weight excluding hydrogens is 333 g/mol. The molecule has 0 N–H and O–H groups in total. The van der Waals surface area contributed by atoms with Crippen LogP contribution in [0, 0.1) is 0 Å². The Hall–Kier alpha value is -1.53. The highest BCUT2D eigenvalue weighted by Gasteiger charge is 2.43. The van der Waals surface area contributed by atoms with Crippen LogP contribution in [0.3, 0.4) is 0 Å². The van der Waals surface area contributed by atoms with E-state index in [2.05, 4.69) is 0 Å². The Morgan fingerprint density at radius 3 is 1.67 bits per heavy atom. The minimum absolute atomic E-state index is 0.249. The summed E-state index contributed by atoms with van der Waals surface area (Å²) in [5.41, 5.74) is 0.498. The first-order valence-corrected chi connectivity index (χ1v) is 9.38. The minimum atomic E-state index is -3.69. The first kappa shape index (κ1) is 18.8. The van der Waals surface area contributed by atoms with Crippen molar-refractivity contribution >= 4 is 19.4 Å². The lowest BCUT2D eigenvalue weighted by molar-refractivity contribution is -0.109. The number of hydrogen-bond acceptors (Lipinski definition) is 6. The average molecular weight is 355 g/mol. The summed E-state index contributed by atoms with van der Waals surface area (Å²) in [5.74, 6) is -2.31. The van der Waals surface area contributed by atoms with Gasteiger partial charge in [-0.1, -0.05) is 12.1 Å². The van der Waals surface area contributed by atoms with Gasteiger partial charge in [0.25, 0.3) is 11.8 Å². The number of carbonyl (C=O) groups excluding carboxylic acids is 2. The zero-order valence-electron chi connectivity index (χ0n) is 14.4. The van der Waals surface area contributed by atoms with Gasteiger partial charge in [-0.05, 0) is 46.8 Å². The number of benzene rings is 1. The standard InChI is InChI=1S/C16H22NO6P/c1-10(2)22-24(20,23-11(3)4)12(5)21-17-15(18)13-8-6-7-9-14(13)16(17)19/h6-12H,1-5H3. The summed E-state index contributed by atoms with van der Waals surface area (Å²) in [6.45, 7) is 8.31. The molecule has 1 heterocycles. The van der Waals surface area contributed by atoms with Crippen molar-refractivity contribution in [2.24, 2.45) is 0 Å². The van der Waals surface area contributed by atoms with Gasteiger partial charge in [0.15, 0.2) is 5.85 Å². The molecule has 1 aromatic carbocycles. The molecule has 8 heteroatoms. The van der Waals surface area contributed by atoms with Gasteiger partial charge < -0.3 is 9.05 Å². The molecule has 0 bridgehead atoms. The number of imide groups is 1. The van der Waals surface area contributed by atoms with Gasteiger partial charge in [-0.15, -0.1) is 5.06 Å². The van der Waals surface area contributed by atoms with E-state index in [1.54, 1.807) is 52.0 Å². The summed E-state index contributed by atoms with van der Waals surface area (Å²) >= 11 is 0. The number of rotatable bonds is 7. The molecule has 24 heavy (non-hydrogen) atoms. The minimum Gasteiger partial charge on any atom is -0.304 e. The Morgan fingerprint density at radius 1 is 0.875 bits per heavy atom. The van der Waals surface area contributed by atoms with E-state index in [-0.39, 0.29) is 23.3 Å². The van der Waals surface area contributed by atoms with Gasteiger partial charge in [-0.2, -0.15) is 0 Å². The van der Waals surface area contributed by atoms with Crippen molar-refractivity contribution in [1.29, 1.82) is 0 Å². The molecular formula is C16H22NO6P. The van der Waals surface area contributed by atoms with Gasteiger partial charge in [-0.25, -0.2) is 4.84 Å². The van der Waals surface area contributed by atoms with Crippen molar-refractivity contribution in [2.45, 2.75) is 52.7 Å².